The fourth-order valence-corrected chi connectivity index (χ4v) is 3.50. The number of fused-ring (bicyclic) bond motifs is 1. The van der Waals surface area contributed by atoms with Crippen molar-refractivity contribution in [1.29, 1.82) is 0 Å². The molecule has 2 heterocycles. The number of anilines is 1. The van der Waals surface area contributed by atoms with Crippen LogP contribution >= 0.6 is 0 Å². The number of aromatic nitrogens is 4. The number of nitrogens with zero attached hydrogens (tertiary/aromatic N) is 3. The van der Waals surface area contributed by atoms with E-state index in [0.29, 0.717) is 18.1 Å². The Hall–Kier alpha value is -2.87. The van der Waals surface area contributed by atoms with Crippen LogP contribution in [0.5, 0.6) is 0 Å². The third kappa shape index (κ3) is 5.38. The summed E-state index contributed by atoms with van der Waals surface area (Å²) in [6, 6.07) is 8.37. The highest BCUT2D eigenvalue weighted by Crippen LogP contribution is 2.17. The smallest absolute Gasteiger partial charge is 0.329 e. The summed E-state index contributed by atoms with van der Waals surface area (Å²) in [5.41, 5.74) is 13.3. The van der Waals surface area contributed by atoms with E-state index in [-0.39, 0.29) is 11.6 Å². The monoisotopic (exact) mass is 414 g/mol. The van der Waals surface area contributed by atoms with E-state index >= 15 is 0 Å². The number of aromatic amines is 1. The number of aryl methyl sites for hydroxylation is 2. The number of hydrogen-bond acceptors (Lipinski definition) is 5. The third-order valence-corrected chi connectivity index (χ3v) is 5.28. The number of hydrogen-bond donors (Lipinski definition) is 3. The number of imidazole rings is 1. The molecule has 0 amide bonds. The van der Waals surface area contributed by atoms with Crippen molar-refractivity contribution in [2.45, 2.75) is 65.5 Å². The van der Waals surface area contributed by atoms with Crippen molar-refractivity contribution in [2.24, 2.45) is 12.8 Å². The van der Waals surface area contributed by atoms with Gasteiger partial charge in [-0.2, -0.15) is 4.98 Å². The molecule has 0 bridgehead atoms. The maximum absolute atomic E-state index is 12.1. The van der Waals surface area contributed by atoms with Crippen LogP contribution in [0.4, 0.5) is 5.95 Å². The fourth-order valence-electron chi connectivity index (χ4n) is 3.50. The van der Waals surface area contributed by atoms with Crippen LogP contribution in [0.25, 0.3) is 11.2 Å². The van der Waals surface area contributed by atoms with E-state index in [4.69, 9.17) is 11.5 Å². The van der Waals surface area contributed by atoms with Gasteiger partial charge in [0.1, 0.15) is 0 Å². The molecule has 164 valence electrons. The van der Waals surface area contributed by atoms with Crippen LogP contribution < -0.4 is 22.7 Å². The Morgan fingerprint density at radius 3 is 2.33 bits per heavy atom. The highest BCUT2D eigenvalue weighted by Gasteiger charge is 2.16. The molecule has 30 heavy (non-hydrogen) atoms. The van der Waals surface area contributed by atoms with Gasteiger partial charge in [0.2, 0.25) is 5.95 Å². The average molecular weight is 415 g/mol. The van der Waals surface area contributed by atoms with Crippen LogP contribution in [-0.4, -0.2) is 25.1 Å². The Bertz CT molecular complexity index is 1070. The minimum Gasteiger partial charge on any atom is -0.369 e. The Morgan fingerprint density at radius 1 is 1.13 bits per heavy atom. The van der Waals surface area contributed by atoms with Gasteiger partial charge in [0.25, 0.3) is 5.56 Å². The number of rotatable bonds is 2. The standard InChI is InChI=1S/C14H15N5O2.C6H13N.C2H6/c1-8-5-3-4-6-9(8)7-19-10-11(16-13(19)15)18(2)14(21)17-12(10)20;7-6-4-2-1-3-5-6;1-2/h3-6H,7H2,1-2H3,(H2,15,16)(H,17,20,21);6H,1-5,7H2;1-2H3. The summed E-state index contributed by atoms with van der Waals surface area (Å²) in [6.07, 6.45) is 6.66. The molecule has 0 unspecified atom stereocenters. The van der Waals surface area contributed by atoms with E-state index in [1.807, 2.05) is 45.0 Å². The molecule has 1 aliphatic rings. The Morgan fingerprint density at radius 2 is 1.77 bits per heavy atom. The van der Waals surface area contributed by atoms with Crippen molar-refractivity contribution in [1.82, 2.24) is 19.1 Å². The van der Waals surface area contributed by atoms with Crippen molar-refractivity contribution in [3.63, 3.8) is 0 Å². The van der Waals surface area contributed by atoms with Gasteiger partial charge in [0.15, 0.2) is 11.2 Å². The first-order chi connectivity index (χ1) is 14.4. The summed E-state index contributed by atoms with van der Waals surface area (Å²) in [6.45, 7) is 6.42. The molecule has 0 radical (unpaired) electrons. The second-order valence-corrected chi connectivity index (χ2v) is 7.37. The molecule has 1 aliphatic carbocycles. The summed E-state index contributed by atoms with van der Waals surface area (Å²) < 4.78 is 2.90. The third-order valence-electron chi connectivity index (χ3n) is 5.28. The van der Waals surface area contributed by atoms with Crippen LogP contribution in [0.2, 0.25) is 0 Å². The molecule has 1 saturated carbocycles. The lowest BCUT2D eigenvalue weighted by Crippen LogP contribution is -2.29. The molecule has 8 nitrogen and oxygen atoms in total. The Balaban J connectivity index is 0.000000299. The zero-order chi connectivity index (χ0) is 22.3. The van der Waals surface area contributed by atoms with Crippen molar-refractivity contribution in [3.05, 3.63) is 56.2 Å². The molecule has 0 aliphatic heterocycles. The topological polar surface area (TPSA) is 125 Å². The molecule has 4 rings (SSSR count). The first-order valence-corrected chi connectivity index (χ1v) is 10.6. The molecule has 8 heteroatoms. The zero-order valence-electron chi connectivity index (χ0n) is 18.4. The van der Waals surface area contributed by atoms with Crippen molar-refractivity contribution in [3.8, 4) is 0 Å². The lowest BCUT2D eigenvalue weighted by molar-refractivity contribution is 0.441. The summed E-state index contributed by atoms with van der Waals surface area (Å²) in [4.78, 5) is 30.1. The van der Waals surface area contributed by atoms with E-state index < -0.39 is 11.2 Å². The zero-order valence-corrected chi connectivity index (χ0v) is 18.4. The number of nitrogen functional groups attached to an aromatic ring is 1. The molecule has 0 saturated heterocycles. The van der Waals surface area contributed by atoms with Gasteiger partial charge in [-0.1, -0.05) is 57.4 Å². The minimum absolute atomic E-state index is 0.208. The Kier molecular flexibility index (Phi) is 8.41. The molecule has 2 aromatic heterocycles. The molecular formula is C22H34N6O2. The molecule has 0 spiro atoms. The highest BCUT2D eigenvalue weighted by molar-refractivity contribution is 5.73. The van der Waals surface area contributed by atoms with Gasteiger partial charge >= 0.3 is 5.69 Å². The maximum atomic E-state index is 12.1. The van der Waals surface area contributed by atoms with E-state index in [1.54, 1.807) is 11.6 Å². The van der Waals surface area contributed by atoms with Crippen LogP contribution in [0.15, 0.2) is 33.9 Å². The van der Waals surface area contributed by atoms with Crippen molar-refractivity contribution in [2.75, 3.05) is 5.73 Å². The largest absolute Gasteiger partial charge is 0.369 e. The van der Waals surface area contributed by atoms with Gasteiger partial charge in [-0.05, 0) is 30.9 Å². The van der Waals surface area contributed by atoms with Gasteiger partial charge in [0, 0.05) is 13.1 Å². The van der Waals surface area contributed by atoms with Crippen LogP contribution in [0.3, 0.4) is 0 Å². The lowest BCUT2D eigenvalue weighted by atomic mass is 9.97. The molecule has 1 aromatic carbocycles. The first-order valence-electron chi connectivity index (χ1n) is 10.6. The maximum Gasteiger partial charge on any atom is 0.329 e. The van der Waals surface area contributed by atoms with E-state index in [1.165, 1.54) is 36.7 Å². The van der Waals surface area contributed by atoms with Gasteiger partial charge in [-0.15, -0.1) is 0 Å². The first kappa shape index (κ1) is 23.4. The lowest BCUT2D eigenvalue weighted by Gasteiger charge is -2.15. The van der Waals surface area contributed by atoms with E-state index in [2.05, 4.69) is 9.97 Å². The number of H-pyrrole nitrogens is 1. The highest BCUT2D eigenvalue weighted by atomic mass is 16.2. The quantitative estimate of drug-likeness (QED) is 0.594. The molecular weight excluding hydrogens is 380 g/mol. The predicted molar refractivity (Wildman–Crippen MR) is 123 cm³/mol. The normalized spacial score (nSPS) is 13.9. The molecule has 1 fully saturated rings. The van der Waals surface area contributed by atoms with Crippen LogP contribution in [0.1, 0.15) is 57.1 Å². The Labute approximate surface area is 176 Å². The van der Waals surface area contributed by atoms with Gasteiger partial charge in [-0.25, -0.2) is 4.79 Å². The molecule has 5 N–H and O–H groups in total. The van der Waals surface area contributed by atoms with Crippen molar-refractivity contribution >= 4 is 17.1 Å². The summed E-state index contributed by atoms with van der Waals surface area (Å²) in [5.74, 6) is 0.208. The summed E-state index contributed by atoms with van der Waals surface area (Å²) in [7, 11) is 1.55. The number of benzene rings is 1. The van der Waals surface area contributed by atoms with E-state index in [9.17, 15) is 9.59 Å². The predicted octanol–water partition coefficient (Wildman–Crippen LogP) is 2.67. The molecule has 0 atom stereocenters. The van der Waals surface area contributed by atoms with Crippen LogP contribution in [0, 0.1) is 6.92 Å². The van der Waals surface area contributed by atoms with E-state index in [0.717, 1.165) is 11.1 Å². The number of nitrogens with two attached hydrogens (primary N) is 2. The number of nitrogens with one attached hydrogen (secondary N) is 1. The fraction of sp³-hybridized carbons (Fsp3) is 0.500. The second kappa shape index (κ2) is 10.8. The SMILES string of the molecule is CC.Cc1ccccc1Cn1c(N)nc2c1c(=O)[nH]c(=O)n2C.NC1CCCCC1. The summed E-state index contributed by atoms with van der Waals surface area (Å²) in [5, 5.41) is 0. The van der Waals surface area contributed by atoms with Crippen LogP contribution in [-0.2, 0) is 13.6 Å². The summed E-state index contributed by atoms with van der Waals surface area (Å²) >= 11 is 0. The van der Waals surface area contributed by atoms with Crippen molar-refractivity contribution < 1.29 is 0 Å². The van der Waals surface area contributed by atoms with Gasteiger partial charge in [-0.3, -0.25) is 14.3 Å². The average Bonchev–Trinajstić information content (AvgIpc) is 3.07. The minimum atomic E-state index is -0.506. The molecule has 3 aromatic rings. The second-order valence-electron chi connectivity index (χ2n) is 7.37. The van der Waals surface area contributed by atoms with Gasteiger partial charge in [0.05, 0.1) is 6.54 Å². The van der Waals surface area contributed by atoms with Gasteiger partial charge < -0.3 is 16.0 Å².